The number of halogens is 2. The molecule has 0 aliphatic carbocycles. The molecule has 0 saturated carbocycles. The van der Waals surface area contributed by atoms with Gasteiger partial charge in [-0.1, -0.05) is 6.07 Å². The molecule has 14 heavy (non-hydrogen) atoms. The van der Waals surface area contributed by atoms with Crippen LogP contribution in [0.2, 0.25) is 0 Å². The van der Waals surface area contributed by atoms with Gasteiger partial charge < -0.3 is 0 Å². The van der Waals surface area contributed by atoms with Crippen LogP contribution in [0.1, 0.15) is 0 Å². The number of aromatic nitrogens is 1. The molecule has 0 aliphatic rings. The number of pyridine rings is 1. The number of rotatable bonds is 1. The predicted molar refractivity (Wildman–Crippen MR) is 70.1 cm³/mol. The summed E-state index contributed by atoms with van der Waals surface area (Å²) in [7, 11) is 0. The summed E-state index contributed by atoms with van der Waals surface area (Å²) in [6.45, 7) is 0. The minimum absolute atomic E-state index is 1.13. The molecule has 1 aromatic carbocycles. The first-order valence-corrected chi connectivity index (χ1v) is 6.00. The first kappa shape index (κ1) is 10.1. The van der Waals surface area contributed by atoms with Crippen molar-refractivity contribution in [2.45, 2.75) is 0 Å². The van der Waals surface area contributed by atoms with E-state index in [0.717, 1.165) is 4.47 Å². The maximum atomic E-state index is 4.00. The van der Waals surface area contributed by atoms with E-state index in [2.05, 4.69) is 61.7 Å². The molecule has 1 nitrogen and oxygen atoms in total. The number of nitrogens with zero attached hydrogens (tertiary/aromatic N) is 1. The van der Waals surface area contributed by atoms with Gasteiger partial charge >= 0.3 is 0 Å². The molecule has 70 valence electrons. The second kappa shape index (κ2) is 4.40. The summed E-state index contributed by atoms with van der Waals surface area (Å²) in [5.74, 6) is 0. The van der Waals surface area contributed by atoms with E-state index in [-0.39, 0.29) is 0 Å². The third kappa shape index (κ3) is 2.15. The van der Waals surface area contributed by atoms with Crippen molar-refractivity contribution in [1.29, 1.82) is 0 Å². The van der Waals surface area contributed by atoms with Crippen molar-refractivity contribution in [3.8, 4) is 11.1 Å². The molecule has 0 spiro atoms. The molecule has 0 bridgehead atoms. The molecule has 3 heteroatoms. The van der Waals surface area contributed by atoms with Gasteiger partial charge in [-0.3, -0.25) is 4.98 Å². The fraction of sp³-hybridized carbons (Fsp3) is 0. The average Bonchev–Trinajstić information content (AvgIpc) is 2.23. The van der Waals surface area contributed by atoms with Crippen molar-refractivity contribution >= 4 is 38.5 Å². The fourth-order valence-electron chi connectivity index (χ4n) is 1.22. The molecular formula is C11H7BrIN. The summed E-state index contributed by atoms with van der Waals surface area (Å²) >= 11 is 5.82. The lowest BCUT2D eigenvalue weighted by Crippen LogP contribution is -1.80. The van der Waals surface area contributed by atoms with Gasteiger partial charge in [-0.2, -0.15) is 0 Å². The standard InChI is InChI=1S/C11H7BrIN/c12-10-7-9(1-2-11(10)13)8-3-5-14-6-4-8/h1-7H. The number of benzene rings is 1. The Balaban J connectivity index is 2.48. The van der Waals surface area contributed by atoms with E-state index in [1.165, 1.54) is 14.7 Å². The van der Waals surface area contributed by atoms with E-state index < -0.39 is 0 Å². The molecule has 0 aliphatic heterocycles. The molecule has 0 saturated heterocycles. The van der Waals surface area contributed by atoms with Crippen molar-refractivity contribution in [2.75, 3.05) is 0 Å². The summed E-state index contributed by atoms with van der Waals surface area (Å²) in [4.78, 5) is 4.00. The maximum absolute atomic E-state index is 4.00. The van der Waals surface area contributed by atoms with E-state index in [1.807, 2.05) is 12.1 Å². The minimum atomic E-state index is 1.13. The molecule has 0 N–H and O–H groups in total. The quantitative estimate of drug-likeness (QED) is 0.698. The van der Waals surface area contributed by atoms with Crippen LogP contribution in [0.3, 0.4) is 0 Å². The third-order valence-electron chi connectivity index (χ3n) is 1.93. The fourth-order valence-corrected chi connectivity index (χ4v) is 1.93. The summed E-state index contributed by atoms with van der Waals surface area (Å²) in [5, 5.41) is 0. The highest BCUT2D eigenvalue weighted by Crippen LogP contribution is 2.26. The van der Waals surface area contributed by atoms with Gasteiger partial charge in [0.25, 0.3) is 0 Å². The zero-order valence-electron chi connectivity index (χ0n) is 7.24. The second-order valence-corrected chi connectivity index (χ2v) is 4.88. The lowest BCUT2D eigenvalue weighted by molar-refractivity contribution is 1.33. The van der Waals surface area contributed by atoms with E-state index >= 15 is 0 Å². The smallest absolute Gasteiger partial charge is 0.0315 e. The van der Waals surface area contributed by atoms with Crippen LogP contribution in [-0.2, 0) is 0 Å². The molecule has 0 atom stereocenters. The largest absolute Gasteiger partial charge is 0.265 e. The zero-order valence-corrected chi connectivity index (χ0v) is 11.0. The molecule has 0 amide bonds. The Kier molecular flexibility index (Phi) is 3.18. The van der Waals surface area contributed by atoms with Crippen LogP contribution < -0.4 is 0 Å². The zero-order chi connectivity index (χ0) is 9.97. The van der Waals surface area contributed by atoms with Gasteiger partial charge in [0.2, 0.25) is 0 Å². The molecule has 2 rings (SSSR count). The Morgan fingerprint density at radius 1 is 1.00 bits per heavy atom. The highest BCUT2D eigenvalue weighted by molar-refractivity contribution is 14.1. The van der Waals surface area contributed by atoms with E-state index in [4.69, 9.17) is 0 Å². The Morgan fingerprint density at radius 3 is 2.36 bits per heavy atom. The van der Waals surface area contributed by atoms with Crippen molar-refractivity contribution in [3.63, 3.8) is 0 Å². The van der Waals surface area contributed by atoms with Crippen LogP contribution in [0.5, 0.6) is 0 Å². The monoisotopic (exact) mass is 359 g/mol. The number of hydrogen-bond acceptors (Lipinski definition) is 1. The van der Waals surface area contributed by atoms with Crippen LogP contribution in [0.25, 0.3) is 11.1 Å². The van der Waals surface area contributed by atoms with E-state index in [1.54, 1.807) is 12.4 Å². The van der Waals surface area contributed by atoms with Crippen molar-refractivity contribution in [2.24, 2.45) is 0 Å². The first-order chi connectivity index (χ1) is 6.77. The molecule has 1 aromatic heterocycles. The van der Waals surface area contributed by atoms with E-state index in [0.29, 0.717) is 0 Å². The lowest BCUT2D eigenvalue weighted by atomic mass is 10.1. The SMILES string of the molecule is Brc1cc(-c2ccncc2)ccc1I. The topological polar surface area (TPSA) is 12.9 Å². The Bertz CT molecular complexity index is 442. The molecule has 0 radical (unpaired) electrons. The van der Waals surface area contributed by atoms with Crippen molar-refractivity contribution in [3.05, 3.63) is 50.8 Å². The molecule has 0 unspecified atom stereocenters. The average molecular weight is 360 g/mol. The van der Waals surface area contributed by atoms with Crippen LogP contribution in [0.4, 0.5) is 0 Å². The van der Waals surface area contributed by atoms with E-state index in [9.17, 15) is 0 Å². The molecular weight excluding hydrogens is 353 g/mol. The van der Waals surface area contributed by atoms with Crippen LogP contribution in [0.15, 0.2) is 47.2 Å². The first-order valence-electron chi connectivity index (χ1n) is 4.13. The summed E-state index contributed by atoms with van der Waals surface area (Å²) in [6.07, 6.45) is 3.61. The van der Waals surface area contributed by atoms with Crippen molar-refractivity contribution < 1.29 is 0 Å². The lowest BCUT2D eigenvalue weighted by Gasteiger charge is -2.02. The predicted octanol–water partition coefficient (Wildman–Crippen LogP) is 4.12. The second-order valence-electron chi connectivity index (χ2n) is 2.86. The van der Waals surface area contributed by atoms with Gasteiger partial charge in [0.1, 0.15) is 0 Å². The number of hydrogen-bond donors (Lipinski definition) is 0. The van der Waals surface area contributed by atoms with Crippen LogP contribution >= 0.6 is 38.5 Å². The molecule has 0 fully saturated rings. The van der Waals surface area contributed by atoms with Gasteiger partial charge in [0, 0.05) is 20.4 Å². The van der Waals surface area contributed by atoms with Gasteiger partial charge in [0.05, 0.1) is 0 Å². The van der Waals surface area contributed by atoms with Gasteiger partial charge in [0.15, 0.2) is 0 Å². The maximum Gasteiger partial charge on any atom is 0.0315 e. The Morgan fingerprint density at radius 2 is 1.71 bits per heavy atom. The highest BCUT2D eigenvalue weighted by Gasteiger charge is 2.00. The highest BCUT2D eigenvalue weighted by atomic mass is 127. The third-order valence-corrected chi connectivity index (χ3v) is 4.27. The van der Waals surface area contributed by atoms with Crippen molar-refractivity contribution in [1.82, 2.24) is 4.98 Å². The minimum Gasteiger partial charge on any atom is -0.265 e. The van der Waals surface area contributed by atoms with Gasteiger partial charge in [-0.15, -0.1) is 0 Å². The van der Waals surface area contributed by atoms with Crippen LogP contribution in [-0.4, -0.2) is 4.98 Å². The molecule has 1 heterocycles. The summed E-state index contributed by atoms with van der Waals surface area (Å²) < 4.78 is 2.35. The Labute approximate surface area is 105 Å². The normalized spacial score (nSPS) is 10.1. The summed E-state index contributed by atoms with van der Waals surface area (Å²) in [5.41, 5.74) is 2.40. The Hall–Kier alpha value is -0.420. The van der Waals surface area contributed by atoms with Crippen LogP contribution in [0, 0.1) is 3.57 Å². The molecule has 2 aromatic rings. The van der Waals surface area contributed by atoms with Gasteiger partial charge in [-0.05, 0) is 73.9 Å². The summed E-state index contributed by atoms with van der Waals surface area (Å²) in [6, 6.07) is 10.3. The van der Waals surface area contributed by atoms with Gasteiger partial charge in [-0.25, -0.2) is 0 Å².